The number of hydrogen-bond acceptors (Lipinski definition) is 2. The van der Waals surface area contributed by atoms with Gasteiger partial charge in [-0.3, -0.25) is 0 Å². The summed E-state index contributed by atoms with van der Waals surface area (Å²) in [5.41, 5.74) is 0. The number of nitrogens with one attached hydrogen (secondary N) is 2. The van der Waals surface area contributed by atoms with Crippen LogP contribution in [0.1, 0.15) is 72.6 Å². The van der Waals surface area contributed by atoms with Gasteiger partial charge < -0.3 is 15.1 Å². The second-order valence-electron chi connectivity index (χ2n) is 10.2. The third kappa shape index (κ3) is 9.30. The fraction of sp³-hybridized carbons (Fsp3) is 0.500. The van der Waals surface area contributed by atoms with Gasteiger partial charge in [0.2, 0.25) is 0 Å². The molecule has 4 nitrogen and oxygen atoms in total. The summed E-state index contributed by atoms with van der Waals surface area (Å²) in [6.45, 7) is 11.3. The van der Waals surface area contributed by atoms with E-state index in [2.05, 4.69) is 111 Å². The molecule has 0 aliphatic carbocycles. The van der Waals surface area contributed by atoms with Gasteiger partial charge in [0.15, 0.2) is 0 Å². The lowest BCUT2D eigenvalue weighted by Gasteiger charge is -2.43. The Morgan fingerprint density at radius 3 is 1.83 bits per heavy atom. The Labute approximate surface area is 214 Å². The van der Waals surface area contributed by atoms with Crippen molar-refractivity contribution in [3.63, 3.8) is 0 Å². The number of allylic oxidation sites excluding steroid dienone is 1. The van der Waals surface area contributed by atoms with Crippen LogP contribution >= 0.6 is 0 Å². The molecule has 0 saturated carbocycles. The van der Waals surface area contributed by atoms with Gasteiger partial charge in [0, 0.05) is 19.7 Å². The Bertz CT molecular complexity index is 823. The standard InChI is InChI=1S/C30H46N2O2Si/c1-5-6-17-24-31-29(33)32-25-18-9-7-8-10-19-26-34-35(30(2,3)4,27-20-13-11-14-21-27)28-22-15-12-16-23-28/h8,10-16,20-23H,5-7,9,17-19,24-26H2,1-4H3,(H2,31,32,33). The zero-order valence-electron chi connectivity index (χ0n) is 22.3. The van der Waals surface area contributed by atoms with Gasteiger partial charge in [-0.25, -0.2) is 4.79 Å². The van der Waals surface area contributed by atoms with E-state index in [0.29, 0.717) is 6.61 Å². The van der Waals surface area contributed by atoms with E-state index in [0.717, 1.165) is 51.6 Å². The molecule has 2 amide bonds. The summed E-state index contributed by atoms with van der Waals surface area (Å²) in [6, 6.07) is 21.6. The first-order chi connectivity index (χ1) is 16.9. The fourth-order valence-corrected chi connectivity index (χ4v) is 9.09. The van der Waals surface area contributed by atoms with Crippen molar-refractivity contribution in [2.45, 2.75) is 77.7 Å². The van der Waals surface area contributed by atoms with E-state index in [4.69, 9.17) is 4.43 Å². The topological polar surface area (TPSA) is 50.4 Å². The number of carbonyl (C=O) groups is 1. The van der Waals surface area contributed by atoms with Crippen LogP contribution in [0.5, 0.6) is 0 Å². The van der Waals surface area contributed by atoms with Gasteiger partial charge in [-0.1, -0.05) is 113 Å². The molecule has 2 aromatic rings. The average molecular weight is 495 g/mol. The minimum absolute atomic E-state index is 0.00864. The molecule has 0 fully saturated rings. The molecule has 0 unspecified atom stereocenters. The van der Waals surface area contributed by atoms with Gasteiger partial charge in [0.1, 0.15) is 0 Å². The van der Waals surface area contributed by atoms with Crippen molar-refractivity contribution in [2.75, 3.05) is 19.7 Å². The summed E-state index contributed by atoms with van der Waals surface area (Å²) in [6.07, 6.45) is 11.9. The van der Waals surface area contributed by atoms with E-state index in [9.17, 15) is 4.79 Å². The second kappa shape index (κ2) is 15.6. The van der Waals surface area contributed by atoms with Crippen molar-refractivity contribution in [1.29, 1.82) is 0 Å². The first kappa shape index (κ1) is 28.9. The molecule has 0 atom stereocenters. The van der Waals surface area contributed by atoms with Crippen LogP contribution < -0.4 is 21.0 Å². The molecule has 35 heavy (non-hydrogen) atoms. The van der Waals surface area contributed by atoms with Gasteiger partial charge in [0.25, 0.3) is 8.32 Å². The van der Waals surface area contributed by atoms with Crippen LogP contribution in [0.2, 0.25) is 5.04 Å². The number of rotatable bonds is 15. The fourth-order valence-electron chi connectivity index (χ4n) is 4.51. The number of amides is 2. The molecule has 2 aromatic carbocycles. The van der Waals surface area contributed by atoms with Crippen LogP contribution in [0.25, 0.3) is 0 Å². The molecular weight excluding hydrogens is 448 g/mol. The van der Waals surface area contributed by atoms with E-state index >= 15 is 0 Å². The van der Waals surface area contributed by atoms with Crippen LogP contribution in [-0.2, 0) is 4.43 Å². The molecule has 0 aliphatic heterocycles. The molecule has 2 N–H and O–H groups in total. The number of urea groups is 1. The largest absolute Gasteiger partial charge is 0.407 e. The molecule has 192 valence electrons. The van der Waals surface area contributed by atoms with Crippen molar-refractivity contribution < 1.29 is 9.22 Å². The number of hydrogen-bond donors (Lipinski definition) is 2. The van der Waals surface area contributed by atoms with Crippen LogP contribution in [0.15, 0.2) is 72.8 Å². The second-order valence-corrected chi connectivity index (χ2v) is 14.5. The maximum absolute atomic E-state index is 11.7. The predicted molar refractivity (Wildman–Crippen MR) is 152 cm³/mol. The summed E-state index contributed by atoms with van der Waals surface area (Å²) < 4.78 is 6.92. The highest BCUT2D eigenvalue weighted by Gasteiger charge is 2.49. The Balaban J connectivity index is 1.80. The number of benzene rings is 2. The maximum Gasteiger partial charge on any atom is 0.314 e. The molecule has 0 heterocycles. The maximum atomic E-state index is 11.7. The first-order valence-corrected chi connectivity index (χ1v) is 15.2. The smallest absolute Gasteiger partial charge is 0.314 e. The Morgan fingerprint density at radius 1 is 0.800 bits per heavy atom. The quantitative estimate of drug-likeness (QED) is 0.177. The summed E-state index contributed by atoms with van der Waals surface area (Å²) in [4.78, 5) is 11.7. The van der Waals surface area contributed by atoms with Crippen molar-refractivity contribution in [3.05, 3.63) is 72.8 Å². The average Bonchev–Trinajstić information content (AvgIpc) is 2.85. The molecule has 0 aromatic heterocycles. The van der Waals surface area contributed by atoms with Crippen molar-refractivity contribution in [3.8, 4) is 0 Å². The highest BCUT2D eigenvalue weighted by Crippen LogP contribution is 2.36. The zero-order chi connectivity index (χ0) is 25.4. The van der Waals surface area contributed by atoms with E-state index in [1.54, 1.807) is 0 Å². The van der Waals surface area contributed by atoms with E-state index in [-0.39, 0.29) is 11.1 Å². The summed E-state index contributed by atoms with van der Waals surface area (Å²) in [5, 5.41) is 8.51. The molecule has 2 rings (SSSR count). The van der Waals surface area contributed by atoms with Gasteiger partial charge in [-0.15, -0.1) is 0 Å². The van der Waals surface area contributed by atoms with Crippen LogP contribution in [0.3, 0.4) is 0 Å². The lowest BCUT2D eigenvalue weighted by atomic mass is 10.2. The van der Waals surface area contributed by atoms with Gasteiger partial charge in [0.05, 0.1) is 0 Å². The third-order valence-electron chi connectivity index (χ3n) is 6.34. The van der Waals surface area contributed by atoms with Crippen LogP contribution in [0.4, 0.5) is 4.79 Å². The normalized spacial score (nSPS) is 12.1. The number of unbranched alkanes of at least 4 members (excludes halogenated alkanes) is 4. The molecule has 0 saturated heterocycles. The van der Waals surface area contributed by atoms with Gasteiger partial charge in [-0.2, -0.15) is 0 Å². The lowest BCUT2D eigenvalue weighted by molar-refractivity contribution is 0.240. The van der Waals surface area contributed by atoms with Crippen molar-refractivity contribution in [2.24, 2.45) is 0 Å². The van der Waals surface area contributed by atoms with E-state index in [1.165, 1.54) is 16.8 Å². The first-order valence-electron chi connectivity index (χ1n) is 13.3. The predicted octanol–water partition coefficient (Wildman–Crippen LogP) is 6.17. The Morgan fingerprint density at radius 2 is 1.31 bits per heavy atom. The van der Waals surface area contributed by atoms with Gasteiger partial charge in [-0.05, 0) is 47.5 Å². The van der Waals surface area contributed by atoms with E-state index < -0.39 is 8.32 Å². The van der Waals surface area contributed by atoms with E-state index in [1.807, 2.05) is 0 Å². The molecule has 0 radical (unpaired) electrons. The minimum Gasteiger partial charge on any atom is -0.407 e. The van der Waals surface area contributed by atoms with Crippen LogP contribution in [0, 0.1) is 0 Å². The van der Waals surface area contributed by atoms with Gasteiger partial charge >= 0.3 is 6.03 Å². The molecule has 5 heteroatoms. The summed E-state index contributed by atoms with van der Waals surface area (Å²) >= 11 is 0. The molecule has 0 spiro atoms. The third-order valence-corrected chi connectivity index (χ3v) is 11.4. The van der Waals surface area contributed by atoms with Crippen LogP contribution in [-0.4, -0.2) is 34.0 Å². The van der Waals surface area contributed by atoms with Crippen molar-refractivity contribution in [1.82, 2.24) is 10.6 Å². The summed E-state index contributed by atoms with van der Waals surface area (Å²) in [7, 11) is -2.44. The highest BCUT2D eigenvalue weighted by atomic mass is 28.4. The molecule has 0 bridgehead atoms. The molecular formula is C30H46N2O2Si. The Kier molecular flexibility index (Phi) is 12.9. The Hall–Kier alpha value is -2.37. The highest BCUT2D eigenvalue weighted by molar-refractivity contribution is 6.99. The monoisotopic (exact) mass is 494 g/mol. The zero-order valence-corrected chi connectivity index (χ0v) is 23.3. The van der Waals surface area contributed by atoms with Crippen molar-refractivity contribution >= 4 is 24.7 Å². The minimum atomic E-state index is -2.44. The number of carbonyl (C=O) groups excluding carboxylic acids is 1. The lowest BCUT2D eigenvalue weighted by Crippen LogP contribution is -2.66. The SMILES string of the molecule is CCCCCNC(=O)NCCCCC=CCCO[Si](c1ccccc1)(c1ccccc1)C(C)(C)C. The summed E-state index contributed by atoms with van der Waals surface area (Å²) in [5.74, 6) is 0. The molecule has 0 aliphatic rings.